The lowest BCUT2D eigenvalue weighted by Gasteiger charge is -2.17. The summed E-state index contributed by atoms with van der Waals surface area (Å²) in [5.41, 5.74) is 1.83. The number of ether oxygens (including phenoxy) is 2. The lowest BCUT2D eigenvalue weighted by molar-refractivity contribution is -0.121. The van der Waals surface area contributed by atoms with Crippen LogP contribution in [0.3, 0.4) is 0 Å². The smallest absolute Gasteiger partial charge is 0.231 e. The number of benzene rings is 1. The number of pyridine rings is 1. The number of carbonyl (C=O) groups excluding carboxylic acids is 1. The molecule has 0 saturated carbocycles. The zero-order valence-corrected chi connectivity index (χ0v) is 16.4. The molecule has 1 atom stereocenters. The van der Waals surface area contributed by atoms with E-state index in [1.807, 2.05) is 47.0 Å². The van der Waals surface area contributed by atoms with E-state index >= 15 is 0 Å². The highest BCUT2D eigenvalue weighted by molar-refractivity contribution is 7.98. The zero-order valence-electron chi connectivity index (χ0n) is 15.6. The summed E-state index contributed by atoms with van der Waals surface area (Å²) in [4.78, 5) is 12.6. The van der Waals surface area contributed by atoms with Gasteiger partial charge in [-0.25, -0.2) is 0 Å². The summed E-state index contributed by atoms with van der Waals surface area (Å²) in [6.07, 6.45) is 5.81. The van der Waals surface area contributed by atoms with Gasteiger partial charge in [-0.2, -0.15) is 11.8 Å². The molecule has 2 aromatic heterocycles. The van der Waals surface area contributed by atoms with E-state index in [2.05, 4.69) is 21.8 Å². The molecular formula is C20H22N4O3S. The Bertz CT molecular complexity index is 975. The Morgan fingerprint density at radius 3 is 3.04 bits per heavy atom. The summed E-state index contributed by atoms with van der Waals surface area (Å²) in [6, 6.07) is 11.4. The quantitative estimate of drug-likeness (QED) is 0.629. The van der Waals surface area contributed by atoms with Gasteiger partial charge >= 0.3 is 0 Å². The van der Waals surface area contributed by atoms with Crippen molar-refractivity contribution in [3.05, 3.63) is 54.0 Å². The SMILES string of the molecule is CSCC[C@H](NC(=O)CCc1ccc2c(c1)OCO2)c1nnc2ccccn12. The first kappa shape index (κ1) is 18.6. The van der Waals surface area contributed by atoms with Crippen LogP contribution < -0.4 is 14.8 Å². The van der Waals surface area contributed by atoms with Gasteiger partial charge < -0.3 is 14.8 Å². The maximum Gasteiger partial charge on any atom is 0.231 e. The van der Waals surface area contributed by atoms with Crippen molar-refractivity contribution < 1.29 is 14.3 Å². The van der Waals surface area contributed by atoms with E-state index in [9.17, 15) is 4.79 Å². The van der Waals surface area contributed by atoms with Crippen molar-refractivity contribution in [3.63, 3.8) is 0 Å². The van der Waals surface area contributed by atoms with Gasteiger partial charge in [-0.1, -0.05) is 12.1 Å². The van der Waals surface area contributed by atoms with Crippen LogP contribution in [0.4, 0.5) is 0 Å². The number of nitrogens with one attached hydrogen (secondary N) is 1. The summed E-state index contributed by atoms with van der Waals surface area (Å²) in [5.74, 6) is 3.18. The Labute approximate surface area is 167 Å². The van der Waals surface area contributed by atoms with Crippen LogP contribution in [-0.2, 0) is 11.2 Å². The first-order chi connectivity index (χ1) is 13.7. The van der Waals surface area contributed by atoms with Gasteiger partial charge in [0.25, 0.3) is 0 Å². The molecule has 0 radical (unpaired) electrons. The molecule has 0 aliphatic carbocycles. The van der Waals surface area contributed by atoms with E-state index in [0.717, 1.165) is 40.7 Å². The zero-order chi connectivity index (χ0) is 19.3. The van der Waals surface area contributed by atoms with Crippen LogP contribution in [-0.4, -0.2) is 39.3 Å². The summed E-state index contributed by atoms with van der Waals surface area (Å²) in [5, 5.41) is 11.7. The summed E-state index contributed by atoms with van der Waals surface area (Å²) in [6.45, 7) is 0.253. The number of amides is 1. The fourth-order valence-corrected chi connectivity index (χ4v) is 3.69. The minimum atomic E-state index is -0.172. The van der Waals surface area contributed by atoms with Gasteiger partial charge in [0.2, 0.25) is 12.7 Å². The minimum Gasteiger partial charge on any atom is -0.454 e. The van der Waals surface area contributed by atoms with Gasteiger partial charge in [0.1, 0.15) is 0 Å². The molecule has 1 aliphatic heterocycles. The van der Waals surface area contributed by atoms with Crippen molar-refractivity contribution in [2.45, 2.75) is 25.3 Å². The molecule has 0 fully saturated rings. The van der Waals surface area contributed by atoms with Crippen LogP contribution >= 0.6 is 11.8 Å². The number of hydrogen-bond donors (Lipinski definition) is 1. The van der Waals surface area contributed by atoms with E-state index in [1.54, 1.807) is 11.8 Å². The van der Waals surface area contributed by atoms with Crippen LogP contribution in [0.5, 0.6) is 11.5 Å². The van der Waals surface area contributed by atoms with Crippen molar-refractivity contribution in [1.82, 2.24) is 19.9 Å². The Morgan fingerprint density at radius 1 is 1.25 bits per heavy atom. The van der Waals surface area contributed by atoms with Crippen LogP contribution in [0.2, 0.25) is 0 Å². The van der Waals surface area contributed by atoms with E-state index < -0.39 is 0 Å². The molecule has 7 nitrogen and oxygen atoms in total. The number of thioether (sulfide) groups is 1. The van der Waals surface area contributed by atoms with Crippen molar-refractivity contribution in [3.8, 4) is 11.5 Å². The number of carbonyl (C=O) groups is 1. The van der Waals surface area contributed by atoms with E-state index in [0.29, 0.717) is 12.8 Å². The lowest BCUT2D eigenvalue weighted by atomic mass is 10.1. The molecule has 4 rings (SSSR count). The number of hydrogen-bond acceptors (Lipinski definition) is 6. The van der Waals surface area contributed by atoms with Gasteiger partial charge in [0.15, 0.2) is 23.0 Å². The first-order valence-corrected chi connectivity index (χ1v) is 10.6. The van der Waals surface area contributed by atoms with Crippen molar-refractivity contribution in [2.24, 2.45) is 0 Å². The molecule has 0 bridgehead atoms. The van der Waals surface area contributed by atoms with E-state index in [-0.39, 0.29) is 18.7 Å². The van der Waals surface area contributed by atoms with E-state index in [1.165, 1.54) is 0 Å². The minimum absolute atomic E-state index is 0.00329. The fourth-order valence-electron chi connectivity index (χ4n) is 3.22. The molecule has 146 valence electrons. The normalized spacial score (nSPS) is 13.6. The summed E-state index contributed by atoms with van der Waals surface area (Å²) < 4.78 is 12.7. The molecule has 1 amide bonds. The first-order valence-electron chi connectivity index (χ1n) is 9.21. The van der Waals surface area contributed by atoms with Crippen LogP contribution in [0, 0.1) is 0 Å². The van der Waals surface area contributed by atoms with Crippen LogP contribution in [0.25, 0.3) is 5.65 Å². The number of aryl methyl sites for hydroxylation is 1. The van der Waals surface area contributed by atoms with Crippen LogP contribution in [0.1, 0.15) is 30.3 Å². The number of aromatic nitrogens is 3. The Balaban J connectivity index is 1.42. The van der Waals surface area contributed by atoms with E-state index in [4.69, 9.17) is 9.47 Å². The Kier molecular flexibility index (Phi) is 5.66. The highest BCUT2D eigenvalue weighted by Gasteiger charge is 2.20. The molecule has 8 heteroatoms. The van der Waals surface area contributed by atoms with Gasteiger partial charge in [-0.3, -0.25) is 9.20 Å². The number of nitrogens with zero attached hydrogens (tertiary/aromatic N) is 3. The molecule has 28 heavy (non-hydrogen) atoms. The highest BCUT2D eigenvalue weighted by atomic mass is 32.2. The molecule has 0 saturated heterocycles. The molecular weight excluding hydrogens is 376 g/mol. The second-order valence-electron chi connectivity index (χ2n) is 6.58. The molecule has 0 spiro atoms. The van der Waals surface area contributed by atoms with Gasteiger partial charge in [-0.15, -0.1) is 10.2 Å². The maximum atomic E-state index is 12.6. The molecule has 1 aliphatic rings. The standard InChI is InChI=1S/C20H22N4O3S/c1-28-11-9-15(20-23-22-18-4-2-3-10-24(18)20)21-19(25)8-6-14-5-7-16-17(12-14)27-13-26-16/h2-5,7,10,12,15H,6,8-9,11,13H2,1H3,(H,21,25)/t15-/m0/s1. The van der Waals surface area contributed by atoms with Gasteiger partial charge in [0, 0.05) is 12.6 Å². The molecule has 3 aromatic rings. The molecule has 0 unspecified atom stereocenters. The third-order valence-corrected chi connectivity index (χ3v) is 5.32. The summed E-state index contributed by atoms with van der Waals surface area (Å²) >= 11 is 1.75. The summed E-state index contributed by atoms with van der Waals surface area (Å²) in [7, 11) is 0. The maximum absolute atomic E-state index is 12.6. The third kappa shape index (κ3) is 4.06. The van der Waals surface area contributed by atoms with Gasteiger partial charge in [-0.05, 0) is 54.7 Å². The van der Waals surface area contributed by atoms with Crippen molar-refractivity contribution in [1.29, 1.82) is 0 Å². The molecule has 1 N–H and O–H groups in total. The van der Waals surface area contributed by atoms with Crippen LogP contribution in [0.15, 0.2) is 42.6 Å². The van der Waals surface area contributed by atoms with Crippen molar-refractivity contribution >= 4 is 23.3 Å². The van der Waals surface area contributed by atoms with Gasteiger partial charge in [0.05, 0.1) is 6.04 Å². The average Bonchev–Trinajstić information content (AvgIpc) is 3.36. The predicted octanol–water partition coefficient (Wildman–Crippen LogP) is 3.00. The lowest BCUT2D eigenvalue weighted by Crippen LogP contribution is -2.30. The third-order valence-electron chi connectivity index (χ3n) is 4.68. The fraction of sp³-hybridized carbons (Fsp3) is 0.350. The predicted molar refractivity (Wildman–Crippen MR) is 108 cm³/mol. The second kappa shape index (κ2) is 8.52. The number of fused-ring (bicyclic) bond motifs is 2. The largest absolute Gasteiger partial charge is 0.454 e. The number of rotatable bonds is 8. The second-order valence-corrected chi connectivity index (χ2v) is 7.56. The Morgan fingerprint density at radius 2 is 2.14 bits per heavy atom. The monoisotopic (exact) mass is 398 g/mol. The average molecular weight is 398 g/mol. The topological polar surface area (TPSA) is 77.8 Å². The highest BCUT2D eigenvalue weighted by Crippen LogP contribution is 2.32. The van der Waals surface area contributed by atoms with Crippen molar-refractivity contribution in [2.75, 3.05) is 18.8 Å². The Hall–Kier alpha value is -2.74. The molecule has 1 aromatic carbocycles. The molecule has 3 heterocycles.